The van der Waals surface area contributed by atoms with Crippen molar-refractivity contribution in [2.75, 3.05) is 5.48 Å². The molecule has 76 valence electrons. The molecular formula is C6H2F4N2O2. The molecule has 1 aromatic rings. The Bertz CT molecular complexity index is 367. The van der Waals surface area contributed by atoms with Gasteiger partial charge in [0.05, 0.1) is 0 Å². The van der Waals surface area contributed by atoms with E-state index in [1.165, 1.54) is 0 Å². The number of nitroso groups, excluding NO2 is 1. The molecule has 8 heteroatoms. The predicted molar refractivity (Wildman–Crippen MR) is 37.1 cm³/mol. The average Bonchev–Trinajstić information content (AvgIpc) is 2.17. The largest absolute Gasteiger partial charge is 0.291 e. The molecule has 0 saturated heterocycles. The lowest BCUT2D eigenvalue weighted by Crippen LogP contribution is -2.03. The molecular weight excluding hydrogens is 208 g/mol. The minimum atomic E-state index is -1.98. The van der Waals surface area contributed by atoms with Crippen LogP contribution in [0.5, 0.6) is 0 Å². The topological polar surface area (TPSA) is 61.7 Å². The van der Waals surface area contributed by atoms with Gasteiger partial charge in [0.25, 0.3) is 0 Å². The Hall–Kier alpha value is -1.70. The predicted octanol–water partition coefficient (Wildman–Crippen LogP) is 2.44. The second-order valence-corrected chi connectivity index (χ2v) is 2.18. The van der Waals surface area contributed by atoms with Crippen molar-refractivity contribution in [1.82, 2.24) is 0 Å². The maximum absolute atomic E-state index is 12.7. The Morgan fingerprint density at radius 3 is 1.71 bits per heavy atom. The van der Waals surface area contributed by atoms with E-state index in [1.54, 1.807) is 5.18 Å². The molecule has 0 spiro atoms. The van der Waals surface area contributed by atoms with Crippen molar-refractivity contribution in [3.63, 3.8) is 0 Å². The summed E-state index contributed by atoms with van der Waals surface area (Å²) in [5, 5.41) is 9.92. The van der Waals surface area contributed by atoms with Gasteiger partial charge in [-0.1, -0.05) is 0 Å². The van der Waals surface area contributed by atoms with E-state index >= 15 is 0 Å². The lowest BCUT2D eigenvalue weighted by molar-refractivity contribution is 0.368. The zero-order chi connectivity index (χ0) is 10.9. The third-order valence-electron chi connectivity index (χ3n) is 1.44. The van der Waals surface area contributed by atoms with Crippen LogP contribution in [0.25, 0.3) is 0 Å². The molecule has 0 aliphatic rings. The van der Waals surface area contributed by atoms with Gasteiger partial charge in [0.2, 0.25) is 0 Å². The van der Waals surface area contributed by atoms with E-state index in [1.807, 2.05) is 0 Å². The highest BCUT2D eigenvalue weighted by Gasteiger charge is 2.25. The zero-order valence-electron chi connectivity index (χ0n) is 6.31. The van der Waals surface area contributed by atoms with Gasteiger partial charge >= 0.3 is 0 Å². The van der Waals surface area contributed by atoms with Gasteiger partial charge in [-0.15, -0.1) is 4.91 Å². The Morgan fingerprint density at radius 2 is 1.43 bits per heavy atom. The van der Waals surface area contributed by atoms with Crippen molar-refractivity contribution in [2.24, 2.45) is 5.18 Å². The molecule has 1 rings (SSSR count). The molecule has 0 bridgehead atoms. The van der Waals surface area contributed by atoms with Crippen LogP contribution >= 0.6 is 0 Å². The highest BCUT2D eigenvalue weighted by molar-refractivity contribution is 5.54. The number of rotatable bonds is 2. The minimum Gasteiger partial charge on any atom is -0.291 e. The molecule has 14 heavy (non-hydrogen) atoms. The highest BCUT2D eigenvalue weighted by atomic mass is 19.2. The van der Waals surface area contributed by atoms with Crippen LogP contribution in [-0.2, 0) is 0 Å². The maximum Gasteiger partial charge on any atom is 0.193 e. The van der Waals surface area contributed by atoms with Crippen LogP contribution in [0.4, 0.5) is 28.9 Å². The molecule has 0 fully saturated rings. The van der Waals surface area contributed by atoms with Gasteiger partial charge in [-0.2, -0.15) is 0 Å². The van der Waals surface area contributed by atoms with E-state index in [-0.39, 0.29) is 0 Å². The van der Waals surface area contributed by atoms with Crippen molar-refractivity contribution in [3.8, 4) is 0 Å². The van der Waals surface area contributed by atoms with Crippen molar-refractivity contribution in [2.45, 2.75) is 0 Å². The number of benzene rings is 1. The smallest absolute Gasteiger partial charge is 0.193 e. The standard InChI is InChI=1S/C6H2F4N2O2/c7-1-2(8)6(12-14)4(10)3(9)5(1)11-13/h11,13H. The van der Waals surface area contributed by atoms with Gasteiger partial charge < -0.3 is 0 Å². The molecule has 0 radical (unpaired) electrons. The first-order chi connectivity index (χ1) is 6.54. The number of halogens is 4. The molecule has 0 aromatic heterocycles. The monoisotopic (exact) mass is 210 g/mol. The summed E-state index contributed by atoms with van der Waals surface area (Å²) in [5.41, 5.74) is -2.11. The van der Waals surface area contributed by atoms with Gasteiger partial charge in [-0.25, -0.2) is 17.6 Å². The number of nitrogens with zero attached hydrogens (tertiary/aromatic N) is 1. The number of hydrogen-bond donors (Lipinski definition) is 2. The molecule has 0 atom stereocenters. The van der Waals surface area contributed by atoms with E-state index < -0.39 is 34.6 Å². The summed E-state index contributed by atoms with van der Waals surface area (Å²) in [7, 11) is 0. The maximum atomic E-state index is 12.7. The van der Waals surface area contributed by atoms with E-state index in [2.05, 4.69) is 0 Å². The molecule has 0 amide bonds. The molecule has 0 aliphatic carbocycles. The fraction of sp³-hybridized carbons (Fsp3) is 0. The fourth-order valence-electron chi connectivity index (χ4n) is 0.798. The van der Waals surface area contributed by atoms with Crippen molar-refractivity contribution >= 4 is 11.4 Å². The number of anilines is 1. The Labute approximate surface area is 74.1 Å². The first-order valence-corrected chi connectivity index (χ1v) is 3.14. The molecule has 0 unspecified atom stereocenters. The number of hydrogen-bond acceptors (Lipinski definition) is 4. The average molecular weight is 210 g/mol. The quantitative estimate of drug-likeness (QED) is 0.341. The van der Waals surface area contributed by atoms with E-state index in [9.17, 15) is 22.5 Å². The number of nitrogens with one attached hydrogen (secondary N) is 1. The molecule has 4 nitrogen and oxygen atoms in total. The van der Waals surface area contributed by atoms with E-state index in [0.29, 0.717) is 0 Å². The van der Waals surface area contributed by atoms with Gasteiger partial charge in [-0.3, -0.25) is 10.7 Å². The van der Waals surface area contributed by atoms with Gasteiger partial charge in [-0.05, 0) is 5.18 Å². The molecule has 1 aromatic carbocycles. The van der Waals surface area contributed by atoms with Crippen molar-refractivity contribution < 1.29 is 22.8 Å². The lowest BCUT2D eigenvalue weighted by atomic mass is 10.2. The van der Waals surface area contributed by atoms with Crippen molar-refractivity contribution in [3.05, 3.63) is 28.2 Å². The summed E-state index contributed by atoms with van der Waals surface area (Å²) in [6, 6.07) is 0. The fourth-order valence-corrected chi connectivity index (χ4v) is 0.798. The van der Waals surface area contributed by atoms with Crippen LogP contribution in [0.1, 0.15) is 0 Å². The van der Waals surface area contributed by atoms with Gasteiger partial charge in [0, 0.05) is 0 Å². The van der Waals surface area contributed by atoms with E-state index in [0.717, 1.165) is 5.48 Å². The lowest BCUT2D eigenvalue weighted by Gasteiger charge is -2.05. The molecule has 2 N–H and O–H groups in total. The second-order valence-electron chi connectivity index (χ2n) is 2.18. The van der Waals surface area contributed by atoms with Crippen LogP contribution in [-0.4, -0.2) is 5.21 Å². The molecule has 0 saturated carbocycles. The Morgan fingerprint density at radius 1 is 1.00 bits per heavy atom. The van der Waals surface area contributed by atoms with E-state index in [4.69, 9.17) is 5.21 Å². The summed E-state index contributed by atoms with van der Waals surface area (Å²) in [5.74, 6) is -7.81. The summed E-state index contributed by atoms with van der Waals surface area (Å²) >= 11 is 0. The first-order valence-electron chi connectivity index (χ1n) is 3.14. The molecule has 0 aliphatic heterocycles. The Balaban J connectivity index is 3.63. The summed E-state index contributed by atoms with van der Waals surface area (Å²) in [6.07, 6.45) is 0. The van der Waals surface area contributed by atoms with Crippen LogP contribution in [0, 0.1) is 28.2 Å². The van der Waals surface area contributed by atoms with Gasteiger partial charge in [0.1, 0.15) is 5.69 Å². The normalized spacial score (nSPS) is 10.1. The first kappa shape index (κ1) is 10.4. The zero-order valence-corrected chi connectivity index (χ0v) is 6.31. The minimum absolute atomic E-state index is 0.923. The third-order valence-corrected chi connectivity index (χ3v) is 1.44. The van der Waals surface area contributed by atoms with Crippen molar-refractivity contribution in [1.29, 1.82) is 0 Å². The van der Waals surface area contributed by atoms with Crippen LogP contribution in [0.3, 0.4) is 0 Å². The Kier molecular flexibility index (Phi) is 2.65. The third kappa shape index (κ3) is 1.29. The summed E-state index contributed by atoms with van der Waals surface area (Å²) in [4.78, 5) is 9.81. The van der Waals surface area contributed by atoms with Crippen LogP contribution in [0.2, 0.25) is 0 Å². The SMILES string of the molecule is O=Nc1c(F)c(F)c(NO)c(F)c1F. The van der Waals surface area contributed by atoms with Gasteiger partial charge in [0.15, 0.2) is 29.0 Å². The summed E-state index contributed by atoms with van der Waals surface area (Å²) in [6.45, 7) is 0. The summed E-state index contributed by atoms with van der Waals surface area (Å²) < 4.78 is 50.7. The second kappa shape index (κ2) is 3.58. The van der Waals surface area contributed by atoms with Crippen LogP contribution in [0.15, 0.2) is 5.18 Å². The molecule has 0 heterocycles. The van der Waals surface area contributed by atoms with Crippen LogP contribution < -0.4 is 5.48 Å². The highest BCUT2D eigenvalue weighted by Crippen LogP contribution is 2.32.